The van der Waals surface area contributed by atoms with E-state index < -0.39 is 0 Å². The van der Waals surface area contributed by atoms with Crippen LogP contribution in [-0.2, 0) is 0 Å². The molecule has 0 saturated heterocycles. The number of methoxy groups -OCH3 is 1. The number of nitrogens with zero attached hydrogens (tertiary/aromatic N) is 1. The number of ether oxygens (including phenoxy) is 1. The van der Waals surface area contributed by atoms with Gasteiger partial charge in [0.1, 0.15) is 5.75 Å². The molecule has 0 spiro atoms. The predicted octanol–water partition coefficient (Wildman–Crippen LogP) is 3.93. The van der Waals surface area contributed by atoms with Crippen molar-refractivity contribution in [2.75, 3.05) is 7.11 Å². The fraction of sp³-hybridized carbons (Fsp3) is 0.389. The lowest BCUT2D eigenvalue weighted by molar-refractivity contribution is 0.0999. The summed E-state index contributed by atoms with van der Waals surface area (Å²) < 4.78 is 7.45. The van der Waals surface area contributed by atoms with E-state index in [0.29, 0.717) is 11.6 Å². The second-order valence-electron chi connectivity index (χ2n) is 5.46. The molecule has 0 unspecified atom stereocenters. The Morgan fingerprint density at radius 1 is 1.23 bits per heavy atom. The van der Waals surface area contributed by atoms with E-state index in [2.05, 4.69) is 18.4 Å². The van der Waals surface area contributed by atoms with E-state index in [0.717, 1.165) is 35.5 Å². The van der Waals surface area contributed by atoms with Crippen LogP contribution < -0.4 is 10.5 Å². The first kappa shape index (κ1) is 16.1. The second kappa shape index (κ2) is 6.69. The molecular formula is C18H24N2O2. The summed E-state index contributed by atoms with van der Waals surface area (Å²) in [7, 11) is 1.65. The average Bonchev–Trinajstić information content (AvgIpc) is 2.87. The normalized spacial score (nSPS) is 11.0. The highest BCUT2D eigenvalue weighted by atomic mass is 16.5. The first-order chi connectivity index (χ1) is 10.5. The van der Waals surface area contributed by atoms with Crippen LogP contribution in [-0.4, -0.2) is 17.6 Å². The van der Waals surface area contributed by atoms with Gasteiger partial charge >= 0.3 is 0 Å². The maximum Gasteiger partial charge on any atom is 0.250 e. The summed E-state index contributed by atoms with van der Waals surface area (Å²) in [5.41, 5.74) is 9.15. The maximum atomic E-state index is 11.7. The number of hydrogen-bond donors (Lipinski definition) is 1. The molecule has 0 aliphatic heterocycles. The summed E-state index contributed by atoms with van der Waals surface area (Å²) in [6, 6.07) is 10.1. The molecule has 1 amide bonds. The van der Waals surface area contributed by atoms with Crippen LogP contribution in [0.1, 0.15) is 48.8 Å². The van der Waals surface area contributed by atoms with Gasteiger partial charge < -0.3 is 15.0 Å². The molecule has 0 fully saturated rings. The Hall–Kier alpha value is -2.23. The second-order valence-corrected chi connectivity index (χ2v) is 5.46. The van der Waals surface area contributed by atoms with Crippen LogP contribution in [0.3, 0.4) is 0 Å². The van der Waals surface area contributed by atoms with Gasteiger partial charge in [0.05, 0.1) is 12.7 Å². The lowest BCUT2D eigenvalue weighted by Gasteiger charge is -2.21. The van der Waals surface area contributed by atoms with Gasteiger partial charge in [-0.05, 0) is 55.7 Å². The van der Waals surface area contributed by atoms with E-state index in [-0.39, 0.29) is 5.91 Å². The highest BCUT2D eigenvalue weighted by Gasteiger charge is 2.20. The summed E-state index contributed by atoms with van der Waals surface area (Å²) in [4.78, 5) is 11.7. The first-order valence-electron chi connectivity index (χ1n) is 7.69. The minimum Gasteiger partial charge on any atom is -0.497 e. The largest absolute Gasteiger partial charge is 0.497 e. The molecule has 2 N–H and O–H groups in total. The summed E-state index contributed by atoms with van der Waals surface area (Å²) >= 11 is 0. The SMILES string of the molecule is CCC(CC)n1c(-c2ccc(OC)cc2)cc(C(N)=O)c1C. The molecule has 1 aromatic heterocycles. The molecule has 0 aliphatic rings. The number of carbonyl (C=O) groups excluding carboxylic acids is 1. The molecular weight excluding hydrogens is 276 g/mol. The van der Waals surface area contributed by atoms with Gasteiger partial charge in [0.2, 0.25) is 0 Å². The molecule has 4 heteroatoms. The smallest absolute Gasteiger partial charge is 0.250 e. The molecule has 1 heterocycles. The van der Waals surface area contributed by atoms with Crippen molar-refractivity contribution in [3.8, 4) is 17.0 Å². The van der Waals surface area contributed by atoms with E-state index >= 15 is 0 Å². The van der Waals surface area contributed by atoms with Crippen molar-refractivity contribution in [3.63, 3.8) is 0 Å². The Labute approximate surface area is 131 Å². The number of amides is 1. The Bertz CT molecular complexity index is 652. The third-order valence-corrected chi connectivity index (χ3v) is 4.25. The number of carbonyl (C=O) groups is 1. The molecule has 4 nitrogen and oxygen atoms in total. The van der Waals surface area contributed by atoms with Crippen LogP contribution in [0, 0.1) is 6.92 Å². The minimum absolute atomic E-state index is 0.352. The third kappa shape index (κ3) is 2.86. The summed E-state index contributed by atoms with van der Waals surface area (Å²) in [6.07, 6.45) is 2.01. The monoisotopic (exact) mass is 300 g/mol. The topological polar surface area (TPSA) is 57.2 Å². The lowest BCUT2D eigenvalue weighted by atomic mass is 10.1. The van der Waals surface area contributed by atoms with Gasteiger partial charge in [0.15, 0.2) is 0 Å². The van der Waals surface area contributed by atoms with Crippen molar-refractivity contribution >= 4 is 5.91 Å². The van der Waals surface area contributed by atoms with Gasteiger partial charge in [-0.1, -0.05) is 13.8 Å². The summed E-state index contributed by atoms with van der Waals surface area (Å²) in [5.74, 6) is 0.438. The quantitative estimate of drug-likeness (QED) is 0.878. The fourth-order valence-corrected chi connectivity index (χ4v) is 2.98. The van der Waals surface area contributed by atoms with Crippen molar-refractivity contribution in [2.45, 2.75) is 39.7 Å². The van der Waals surface area contributed by atoms with Gasteiger partial charge in [-0.3, -0.25) is 4.79 Å². The zero-order valence-electron chi connectivity index (χ0n) is 13.7. The number of rotatable bonds is 6. The Kier molecular flexibility index (Phi) is 4.91. The van der Waals surface area contributed by atoms with E-state index in [9.17, 15) is 4.79 Å². The van der Waals surface area contributed by atoms with Crippen LogP contribution in [0.4, 0.5) is 0 Å². The molecule has 0 saturated carbocycles. The van der Waals surface area contributed by atoms with Crippen LogP contribution >= 0.6 is 0 Å². The lowest BCUT2D eigenvalue weighted by Crippen LogP contribution is -2.14. The molecule has 22 heavy (non-hydrogen) atoms. The van der Waals surface area contributed by atoms with Crippen LogP contribution in [0.15, 0.2) is 30.3 Å². The first-order valence-corrected chi connectivity index (χ1v) is 7.69. The fourth-order valence-electron chi connectivity index (χ4n) is 2.98. The van der Waals surface area contributed by atoms with Crippen LogP contribution in [0.25, 0.3) is 11.3 Å². The molecule has 118 valence electrons. The molecule has 0 aliphatic carbocycles. The van der Waals surface area contributed by atoms with E-state index in [1.807, 2.05) is 37.3 Å². The van der Waals surface area contributed by atoms with Crippen LogP contribution in [0.5, 0.6) is 5.75 Å². The summed E-state index contributed by atoms with van der Waals surface area (Å²) in [5, 5.41) is 0. The highest BCUT2D eigenvalue weighted by Crippen LogP contribution is 2.32. The van der Waals surface area contributed by atoms with Crippen molar-refractivity contribution in [1.82, 2.24) is 4.57 Å². The van der Waals surface area contributed by atoms with Crippen molar-refractivity contribution in [1.29, 1.82) is 0 Å². The predicted molar refractivity (Wildman–Crippen MR) is 89.3 cm³/mol. The highest BCUT2D eigenvalue weighted by molar-refractivity contribution is 5.95. The van der Waals surface area contributed by atoms with E-state index in [1.54, 1.807) is 7.11 Å². The Morgan fingerprint density at radius 2 is 1.82 bits per heavy atom. The molecule has 1 aromatic carbocycles. The number of primary amides is 1. The van der Waals surface area contributed by atoms with Gasteiger partial charge in [-0.2, -0.15) is 0 Å². The molecule has 0 radical (unpaired) electrons. The van der Waals surface area contributed by atoms with Crippen molar-refractivity contribution in [3.05, 3.63) is 41.6 Å². The van der Waals surface area contributed by atoms with Gasteiger partial charge in [-0.25, -0.2) is 0 Å². The number of benzene rings is 1. The summed E-state index contributed by atoms with van der Waals surface area (Å²) in [6.45, 7) is 6.29. The molecule has 0 atom stereocenters. The zero-order valence-corrected chi connectivity index (χ0v) is 13.7. The van der Waals surface area contributed by atoms with Crippen LogP contribution in [0.2, 0.25) is 0 Å². The van der Waals surface area contributed by atoms with Gasteiger partial charge in [0, 0.05) is 17.4 Å². The molecule has 2 aromatic rings. The number of aromatic nitrogens is 1. The Morgan fingerprint density at radius 3 is 2.27 bits per heavy atom. The average molecular weight is 300 g/mol. The standard InChI is InChI=1S/C18H24N2O2/c1-5-14(6-2)20-12(3)16(18(19)21)11-17(20)13-7-9-15(22-4)10-8-13/h7-11,14H,5-6H2,1-4H3,(H2,19,21). The maximum absolute atomic E-state index is 11.7. The zero-order chi connectivity index (χ0) is 16.3. The molecule has 0 bridgehead atoms. The van der Waals surface area contributed by atoms with E-state index in [1.165, 1.54) is 0 Å². The van der Waals surface area contributed by atoms with Crippen molar-refractivity contribution in [2.24, 2.45) is 5.73 Å². The van der Waals surface area contributed by atoms with Gasteiger partial charge in [0.25, 0.3) is 5.91 Å². The number of hydrogen-bond acceptors (Lipinski definition) is 2. The third-order valence-electron chi connectivity index (χ3n) is 4.25. The number of nitrogens with two attached hydrogens (primary N) is 1. The Balaban J connectivity index is 2.61. The van der Waals surface area contributed by atoms with E-state index in [4.69, 9.17) is 10.5 Å². The van der Waals surface area contributed by atoms with Gasteiger partial charge in [-0.15, -0.1) is 0 Å². The molecule has 2 rings (SSSR count). The minimum atomic E-state index is -0.378. The van der Waals surface area contributed by atoms with Crippen molar-refractivity contribution < 1.29 is 9.53 Å².